The van der Waals surface area contributed by atoms with E-state index in [-0.39, 0.29) is 6.61 Å². The van der Waals surface area contributed by atoms with Crippen LogP contribution in [0.25, 0.3) is 21.7 Å². The molecule has 0 radical (unpaired) electrons. The van der Waals surface area contributed by atoms with Gasteiger partial charge in [-0.3, -0.25) is 9.36 Å². The van der Waals surface area contributed by atoms with Crippen LogP contribution in [0, 0.1) is 6.92 Å². The van der Waals surface area contributed by atoms with E-state index < -0.39 is 30.3 Å². The zero-order valence-electron chi connectivity index (χ0n) is 21.5. The number of alkyl carbamates (subject to hydrolysis) is 1. The van der Waals surface area contributed by atoms with E-state index in [1.54, 1.807) is 30.4 Å². The average molecular weight is 559 g/mol. The second-order valence-corrected chi connectivity index (χ2v) is 10.2. The number of carboxylic acids is 1. The first-order valence-electron chi connectivity index (χ1n) is 12.4. The molecule has 0 aliphatic carbocycles. The molecule has 0 aliphatic rings. The van der Waals surface area contributed by atoms with Gasteiger partial charge in [-0.25, -0.2) is 14.6 Å². The maximum Gasteiger partial charge on any atom is 0.409 e. The summed E-state index contributed by atoms with van der Waals surface area (Å²) in [5.74, 6) is -0.0487. The van der Waals surface area contributed by atoms with Crippen molar-refractivity contribution in [2.24, 2.45) is 0 Å². The lowest BCUT2D eigenvalue weighted by Gasteiger charge is -2.20. The van der Waals surface area contributed by atoms with Gasteiger partial charge in [-0.1, -0.05) is 42.5 Å². The van der Waals surface area contributed by atoms with Crippen LogP contribution in [0.5, 0.6) is 0 Å². The molecule has 0 saturated heterocycles. The van der Waals surface area contributed by atoms with Crippen molar-refractivity contribution in [3.05, 3.63) is 99.4 Å². The van der Waals surface area contributed by atoms with Gasteiger partial charge in [0.15, 0.2) is 0 Å². The molecule has 0 spiro atoms. The number of thiophene rings is 1. The molecule has 3 aromatic heterocycles. The molecule has 0 bridgehead atoms. The van der Waals surface area contributed by atoms with E-state index in [1.807, 2.05) is 54.6 Å². The molecule has 40 heavy (non-hydrogen) atoms. The van der Waals surface area contributed by atoms with Gasteiger partial charge in [-0.15, -0.1) is 11.3 Å². The number of carbonyl (C=O) groups excluding carboxylic acids is 1. The van der Waals surface area contributed by atoms with E-state index in [0.717, 1.165) is 36.7 Å². The van der Waals surface area contributed by atoms with E-state index in [0.29, 0.717) is 17.9 Å². The number of nitrogens with one attached hydrogen (secondary N) is 3. The predicted octanol–water partition coefficient (Wildman–Crippen LogP) is 4.67. The van der Waals surface area contributed by atoms with Crippen molar-refractivity contribution in [1.82, 2.24) is 24.8 Å². The van der Waals surface area contributed by atoms with E-state index >= 15 is 0 Å². The highest BCUT2D eigenvalue weighted by atomic mass is 32.1. The molecule has 1 atom stereocenters. The van der Waals surface area contributed by atoms with Gasteiger partial charge < -0.3 is 25.5 Å². The third kappa shape index (κ3) is 6.35. The maximum atomic E-state index is 12.9. The van der Waals surface area contributed by atoms with Gasteiger partial charge >= 0.3 is 17.8 Å². The number of carbonyl (C=O) groups is 2. The SMILES string of the molecule is Cc1cn(C(CC(=O)O)NC(=O)OCc2ccccc2)c(=O)nc1NCc1ccc(-c2nc3ccccc3[nH]2)s1. The molecule has 12 heteroatoms. The lowest BCUT2D eigenvalue weighted by molar-refractivity contribution is -0.138. The Labute approximate surface area is 232 Å². The summed E-state index contributed by atoms with van der Waals surface area (Å²) in [6.45, 7) is 2.16. The summed E-state index contributed by atoms with van der Waals surface area (Å²) in [5.41, 5.74) is 2.52. The molecule has 3 heterocycles. The molecule has 0 fully saturated rings. The Hall–Kier alpha value is -4.97. The Morgan fingerprint density at radius 3 is 2.62 bits per heavy atom. The number of aromatic amines is 1. The normalized spacial score (nSPS) is 11.7. The Bertz CT molecular complexity index is 1680. The lowest BCUT2D eigenvalue weighted by Crippen LogP contribution is -2.40. The average Bonchev–Trinajstić information content (AvgIpc) is 3.59. The van der Waals surface area contributed by atoms with Crippen molar-refractivity contribution >= 4 is 40.3 Å². The van der Waals surface area contributed by atoms with Crippen LogP contribution in [0.4, 0.5) is 10.6 Å². The molecular weight excluding hydrogens is 532 g/mol. The van der Waals surface area contributed by atoms with Gasteiger partial charge in [0.05, 0.1) is 28.9 Å². The van der Waals surface area contributed by atoms with Crippen LogP contribution in [0.2, 0.25) is 0 Å². The quantitative estimate of drug-likeness (QED) is 0.193. The summed E-state index contributed by atoms with van der Waals surface area (Å²) in [6.07, 6.45) is -1.10. The summed E-state index contributed by atoms with van der Waals surface area (Å²) < 4.78 is 6.28. The number of ether oxygens (including phenoxy) is 1. The zero-order chi connectivity index (χ0) is 28.1. The number of nitrogens with zero attached hydrogens (tertiary/aromatic N) is 3. The van der Waals surface area contributed by atoms with Gasteiger partial charge in [0.2, 0.25) is 0 Å². The number of fused-ring (bicyclic) bond motifs is 1. The number of amides is 1. The molecule has 4 N–H and O–H groups in total. The Kier molecular flexibility index (Phi) is 7.87. The summed E-state index contributed by atoms with van der Waals surface area (Å²) in [6, 6.07) is 20.8. The number of H-pyrrole nitrogens is 1. The van der Waals surface area contributed by atoms with Crippen LogP contribution in [0.15, 0.2) is 77.7 Å². The topological polar surface area (TPSA) is 151 Å². The van der Waals surface area contributed by atoms with Crippen molar-refractivity contribution in [2.45, 2.75) is 32.7 Å². The van der Waals surface area contributed by atoms with Gasteiger partial charge in [0.25, 0.3) is 0 Å². The van der Waals surface area contributed by atoms with Crippen LogP contribution >= 0.6 is 11.3 Å². The third-order valence-corrected chi connectivity index (χ3v) is 7.14. The number of anilines is 1. The monoisotopic (exact) mass is 558 g/mol. The molecule has 204 valence electrons. The van der Waals surface area contributed by atoms with Crippen molar-refractivity contribution in [3.63, 3.8) is 0 Å². The van der Waals surface area contributed by atoms with Crippen molar-refractivity contribution < 1.29 is 19.4 Å². The first-order chi connectivity index (χ1) is 19.4. The largest absolute Gasteiger partial charge is 0.481 e. The summed E-state index contributed by atoms with van der Waals surface area (Å²) in [5, 5.41) is 15.0. The number of para-hydroxylation sites is 2. The van der Waals surface area contributed by atoms with E-state index in [2.05, 4.69) is 25.6 Å². The Morgan fingerprint density at radius 2 is 1.85 bits per heavy atom. The fourth-order valence-corrected chi connectivity index (χ4v) is 4.99. The molecule has 1 amide bonds. The molecule has 11 nitrogen and oxygen atoms in total. The van der Waals surface area contributed by atoms with Crippen LogP contribution in [0.3, 0.4) is 0 Å². The summed E-state index contributed by atoms with van der Waals surface area (Å²) >= 11 is 1.56. The molecule has 1 unspecified atom stereocenters. The molecule has 5 rings (SSSR count). The Morgan fingerprint density at radius 1 is 1.07 bits per heavy atom. The fourth-order valence-electron chi connectivity index (χ4n) is 4.09. The molecule has 0 aliphatic heterocycles. The standard InChI is InChI=1S/C28H26N6O5S/c1-17-15-34(23(13-24(35)36)32-28(38)39-16-18-7-3-2-4-8-18)27(37)33-25(17)29-14-19-11-12-22(40-19)26-30-20-9-5-6-10-21(20)31-26/h2-12,15,23H,13-14,16H2,1H3,(H,30,31)(H,32,38)(H,35,36)(H,29,33,37). The molecule has 5 aromatic rings. The third-order valence-electron chi connectivity index (χ3n) is 6.05. The molecule has 0 saturated carbocycles. The van der Waals surface area contributed by atoms with Gasteiger partial charge in [0.1, 0.15) is 24.4 Å². The number of aryl methyl sites for hydroxylation is 1. The van der Waals surface area contributed by atoms with E-state index in [1.165, 1.54) is 6.20 Å². The van der Waals surface area contributed by atoms with Gasteiger partial charge in [-0.2, -0.15) is 4.98 Å². The number of hydrogen-bond acceptors (Lipinski definition) is 8. The predicted molar refractivity (Wildman–Crippen MR) is 151 cm³/mol. The number of rotatable bonds is 10. The minimum absolute atomic E-state index is 0.00226. The second-order valence-electron chi connectivity index (χ2n) is 9.00. The highest BCUT2D eigenvalue weighted by Crippen LogP contribution is 2.28. The smallest absolute Gasteiger partial charge is 0.409 e. The lowest BCUT2D eigenvalue weighted by atomic mass is 10.2. The van der Waals surface area contributed by atoms with E-state index in [4.69, 9.17) is 4.74 Å². The first-order valence-corrected chi connectivity index (χ1v) is 13.2. The molecular formula is C28H26N6O5S. The summed E-state index contributed by atoms with van der Waals surface area (Å²) in [7, 11) is 0. The summed E-state index contributed by atoms with van der Waals surface area (Å²) in [4.78, 5) is 50.8. The van der Waals surface area contributed by atoms with Gasteiger partial charge in [-0.05, 0) is 36.8 Å². The number of aromatic nitrogens is 4. The number of carboxylic acid groups (broad SMARTS) is 1. The van der Waals surface area contributed by atoms with Gasteiger partial charge in [0, 0.05) is 16.6 Å². The minimum Gasteiger partial charge on any atom is -0.481 e. The van der Waals surface area contributed by atoms with Crippen LogP contribution in [-0.4, -0.2) is 36.7 Å². The zero-order valence-corrected chi connectivity index (χ0v) is 22.3. The van der Waals surface area contributed by atoms with Crippen LogP contribution in [-0.2, 0) is 22.7 Å². The Balaban J connectivity index is 1.26. The second kappa shape index (κ2) is 11.8. The maximum absolute atomic E-state index is 12.9. The number of benzene rings is 2. The highest BCUT2D eigenvalue weighted by molar-refractivity contribution is 7.15. The van der Waals surface area contributed by atoms with Crippen LogP contribution < -0.4 is 16.3 Å². The number of hydrogen-bond donors (Lipinski definition) is 4. The van der Waals surface area contributed by atoms with Crippen molar-refractivity contribution in [1.29, 1.82) is 0 Å². The number of aliphatic carboxylic acids is 1. The van der Waals surface area contributed by atoms with E-state index in [9.17, 15) is 19.5 Å². The minimum atomic E-state index is -1.20. The van der Waals surface area contributed by atoms with Crippen molar-refractivity contribution in [3.8, 4) is 10.7 Å². The number of imidazole rings is 1. The van der Waals surface area contributed by atoms with Crippen molar-refractivity contribution in [2.75, 3.05) is 5.32 Å². The first kappa shape index (κ1) is 26.6. The van der Waals surface area contributed by atoms with Crippen LogP contribution in [0.1, 0.15) is 28.6 Å². The highest BCUT2D eigenvalue weighted by Gasteiger charge is 2.21. The molecule has 2 aromatic carbocycles. The fraction of sp³-hybridized carbons (Fsp3) is 0.179.